The molecule has 214 valence electrons. The van der Waals surface area contributed by atoms with Crippen molar-refractivity contribution in [2.45, 2.75) is 19.3 Å². The molecule has 3 heteroatoms. The Balaban J connectivity index is 1.26. The summed E-state index contributed by atoms with van der Waals surface area (Å²) in [6, 6.07) is 53.2. The van der Waals surface area contributed by atoms with Crippen LogP contribution in [-0.2, 0) is 5.41 Å². The van der Waals surface area contributed by atoms with E-state index >= 15 is 0 Å². The monoisotopic (exact) mass is 577 g/mol. The molecule has 0 fully saturated rings. The minimum absolute atomic E-state index is 0.120. The quantitative estimate of drug-likeness (QED) is 0.204. The summed E-state index contributed by atoms with van der Waals surface area (Å²) in [4.78, 5) is 15.1. The summed E-state index contributed by atoms with van der Waals surface area (Å²) < 4.78 is 0. The fourth-order valence-corrected chi connectivity index (χ4v) is 6.52. The smallest absolute Gasteiger partial charge is 0.164 e. The molecule has 1 aliphatic rings. The summed E-state index contributed by atoms with van der Waals surface area (Å²) in [6.45, 7) is 4.64. The van der Waals surface area contributed by atoms with Crippen LogP contribution < -0.4 is 0 Å². The first-order valence-corrected chi connectivity index (χ1v) is 15.4. The second-order valence-electron chi connectivity index (χ2n) is 12.1. The molecule has 0 aliphatic heterocycles. The number of hydrogen-bond donors (Lipinski definition) is 0. The molecular formula is C42H31N3. The van der Waals surface area contributed by atoms with Gasteiger partial charge >= 0.3 is 0 Å². The lowest BCUT2D eigenvalue weighted by atomic mass is 9.81. The van der Waals surface area contributed by atoms with Crippen LogP contribution in [0.5, 0.6) is 0 Å². The Morgan fingerprint density at radius 3 is 1.42 bits per heavy atom. The van der Waals surface area contributed by atoms with Crippen LogP contribution >= 0.6 is 0 Å². The molecule has 0 bridgehead atoms. The van der Waals surface area contributed by atoms with Crippen LogP contribution in [0.4, 0.5) is 0 Å². The minimum atomic E-state index is -0.120. The highest BCUT2D eigenvalue weighted by molar-refractivity contribution is 5.86. The van der Waals surface area contributed by atoms with Gasteiger partial charge < -0.3 is 0 Å². The first-order valence-electron chi connectivity index (χ1n) is 15.4. The van der Waals surface area contributed by atoms with Crippen LogP contribution in [0.15, 0.2) is 152 Å². The lowest BCUT2D eigenvalue weighted by Gasteiger charge is -2.22. The van der Waals surface area contributed by atoms with Crippen molar-refractivity contribution in [3.8, 4) is 67.5 Å². The highest BCUT2D eigenvalue weighted by Gasteiger charge is 2.36. The molecule has 0 unspecified atom stereocenters. The summed E-state index contributed by atoms with van der Waals surface area (Å²) in [5.74, 6) is 1.98. The Labute approximate surface area is 264 Å². The van der Waals surface area contributed by atoms with Crippen molar-refractivity contribution in [2.24, 2.45) is 0 Å². The van der Waals surface area contributed by atoms with E-state index in [1.165, 1.54) is 33.4 Å². The van der Waals surface area contributed by atoms with Gasteiger partial charge in [-0.3, -0.25) is 0 Å². The van der Waals surface area contributed by atoms with Gasteiger partial charge in [0.1, 0.15) is 0 Å². The summed E-state index contributed by atoms with van der Waals surface area (Å²) in [6.07, 6.45) is 0. The third kappa shape index (κ3) is 4.83. The van der Waals surface area contributed by atoms with E-state index in [0.717, 1.165) is 27.8 Å². The van der Waals surface area contributed by atoms with E-state index in [9.17, 15) is 0 Å². The Kier molecular flexibility index (Phi) is 6.46. The predicted octanol–water partition coefficient (Wildman–Crippen LogP) is 10.5. The van der Waals surface area contributed by atoms with E-state index in [0.29, 0.717) is 17.5 Å². The molecule has 8 rings (SSSR count). The van der Waals surface area contributed by atoms with Crippen LogP contribution in [0.3, 0.4) is 0 Å². The molecule has 0 amide bonds. The van der Waals surface area contributed by atoms with Crippen LogP contribution in [-0.4, -0.2) is 15.0 Å². The van der Waals surface area contributed by atoms with Crippen molar-refractivity contribution >= 4 is 0 Å². The minimum Gasteiger partial charge on any atom is -0.208 e. The van der Waals surface area contributed by atoms with Crippen molar-refractivity contribution in [1.29, 1.82) is 0 Å². The Bertz CT molecular complexity index is 2170. The van der Waals surface area contributed by atoms with Crippen LogP contribution in [0, 0.1) is 0 Å². The molecule has 7 aromatic rings. The molecule has 0 radical (unpaired) electrons. The van der Waals surface area contributed by atoms with Gasteiger partial charge in [-0.25, -0.2) is 15.0 Å². The molecule has 3 nitrogen and oxygen atoms in total. The van der Waals surface area contributed by atoms with Gasteiger partial charge in [0.25, 0.3) is 0 Å². The zero-order valence-electron chi connectivity index (χ0n) is 25.3. The van der Waals surface area contributed by atoms with E-state index in [4.69, 9.17) is 15.0 Å². The van der Waals surface area contributed by atoms with E-state index in [1.807, 2.05) is 24.3 Å². The van der Waals surface area contributed by atoms with E-state index < -0.39 is 0 Å². The van der Waals surface area contributed by atoms with Crippen molar-refractivity contribution in [3.05, 3.63) is 163 Å². The number of hydrogen-bond acceptors (Lipinski definition) is 3. The summed E-state index contributed by atoms with van der Waals surface area (Å²) in [5.41, 5.74) is 12.7. The Hall–Kier alpha value is -5.67. The largest absolute Gasteiger partial charge is 0.208 e. The van der Waals surface area contributed by atoms with Crippen molar-refractivity contribution in [3.63, 3.8) is 0 Å². The Morgan fingerprint density at radius 1 is 0.333 bits per heavy atom. The highest BCUT2D eigenvalue weighted by Crippen LogP contribution is 2.50. The number of benzene rings is 6. The van der Waals surface area contributed by atoms with Crippen molar-refractivity contribution in [1.82, 2.24) is 15.0 Å². The summed E-state index contributed by atoms with van der Waals surface area (Å²) >= 11 is 0. The molecular weight excluding hydrogens is 546 g/mol. The van der Waals surface area contributed by atoms with Gasteiger partial charge in [0, 0.05) is 22.1 Å². The van der Waals surface area contributed by atoms with Gasteiger partial charge in [-0.05, 0) is 62.7 Å². The van der Waals surface area contributed by atoms with Crippen LogP contribution in [0.1, 0.15) is 25.0 Å². The first-order chi connectivity index (χ1) is 22.0. The molecule has 0 atom stereocenters. The van der Waals surface area contributed by atoms with Crippen molar-refractivity contribution in [2.75, 3.05) is 0 Å². The maximum absolute atomic E-state index is 5.08. The molecule has 0 spiro atoms. The van der Waals surface area contributed by atoms with E-state index in [-0.39, 0.29) is 5.41 Å². The topological polar surface area (TPSA) is 38.7 Å². The van der Waals surface area contributed by atoms with Gasteiger partial charge in [-0.1, -0.05) is 147 Å². The second kappa shape index (κ2) is 10.8. The molecule has 1 heterocycles. The van der Waals surface area contributed by atoms with E-state index in [1.54, 1.807) is 0 Å². The number of fused-ring (bicyclic) bond motifs is 3. The normalized spacial score (nSPS) is 12.8. The fraction of sp³-hybridized carbons (Fsp3) is 0.0714. The molecule has 0 saturated carbocycles. The number of nitrogens with zero attached hydrogens (tertiary/aromatic N) is 3. The summed E-state index contributed by atoms with van der Waals surface area (Å²) in [7, 11) is 0. The molecule has 0 N–H and O–H groups in total. The fourth-order valence-electron chi connectivity index (χ4n) is 6.52. The number of aromatic nitrogens is 3. The summed E-state index contributed by atoms with van der Waals surface area (Å²) in [5, 5.41) is 0. The average Bonchev–Trinajstić information content (AvgIpc) is 3.34. The third-order valence-electron chi connectivity index (χ3n) is 8.94. The lowest BCUT2D eigenvalue weighted by molar-refractivity contribution is 0.660. The Morgan fingerprint density at radius 2 is 0.800 bits per heavy atom. The molecule has 6 aromatic carbocycles. The second-order valence-corrected chi connectivity index (χ2v) is 12.1. The lowest BCUT2D eigenvalue weighted by Crippen LogP contribution is -2.15. The zero-order valence-corrected chi connectivity index (χ0v) is 25.3. The highest BCUT2D eigenvalue weighted by atomic mass is 15.0. The van der Waals surface area contributed by atoms with E-state index in [2.05, 4.69) is 141 Å². The first kappa shape index (κ1) is 26.9. The predicted molar refractivity (Wildman–Crippen MR) is 185 cm³/mol. The molecule has 1 aromatic heterocycles. The SMILES string of the molecule is CC1(C)c2ccc(-c3nc(-c4ccccc4)nc(-c4cccc(-c5ccccc5)c4)n3)cc2-c2ccc(-c3ccccc3)cc21. The third-order valence-corrected chi connectivity index (χ3v) is 8.94. The molecule has 0 saturated heterocycles. The van der Waals surface area contributed by atoms with Gasteiger partial charge in [0.05, 0.1) is 0 Å². The molecule has 1 aliphatic carbocycles. The maximum Gasteiger partial charge on any atom is 0.164 e. The van der Waals surface area contributed by atoms with Crippen molar-refractivity contribution < 1.29 is 0 Å². The zero-order chi connectivity index (χ0) is 30.4. The average molecular weight is 578 g/mol. The van der Waals surface area contributed by atoms with Crippen LogP contribution in [0.25, 0.3) is 67.5 Å². The van der Waals surface area contributed by atoms with Crippen LogP contribution in [0.2, 0.25) is 0 Å². The standard InChI is InChI=1S/C42H31N3/c1-42(2)37-24-22-34(26-36(37)35-23-21-32(27-38(35)42)29-15-8-4-9-16-29)41-44-39(30-17-10-5-11-18-30)43-40(45-41)33-20-12-19-31(25-33)28-13-6-3-7-14-28/h3-27H,1-2H3. The number of rotatable bonds is 5. The van der Waals surface area contributed by atoms with Gasteiger partial charge in [0.15, 0.2) is 17.5 Å². The maximum atomic E-state index is 5.08. The molecule has 45 heavy (non-hydrogen) atoms. The van der Waals surface area contributed by atoms with Gasteiger partial charge in [-0.2, -0.15) is 0 Å². The van der Waals surface area contributed by atoms with Gasteiger partial charge in [-0.15, -0.1) is 0 Å². The van der Waals surface area contributed by atoms with Gasteiger partial charge in [0.2, 0.25) is 0 Å².